The minimum absolute atomic E-state index is 0.582. The van der Waals surface area contributed by atoms with Crippen molar-refractivity contribution in [1.82, 2.24) is 0 Å². The van der Waals surface area contributed by atoms with Gasteiger partial charge in [-0.1, -0.05) is 50.2 Å². The number of nitrogens with two attached hydrogens (primary N) is 1. The molecule has 2 heteroatoms. The van der Waals surface area contributed by atoms with Crippen LogP contribution in [-0.2, 0) is 13.2 Å². The van der Waals surface area contributed by atoms with Crippen LogP contribution in [0.4, 0.5) is 0 Å². The lowest BCUT2D eigenvalue weighted by Crippen LogP contribution is -1.99. The maximum Gasteiger partial charge on any atom is 0.119 e. The zero-order chi connectivity index (χ0) is 14.4. The molecule has 0 heterocycles. The topological polar surface area (TPSA) is 35.2 Å². The van der Waals surface area contributed by atoms with Crippen LogP contribution in [-0.4, -0.2) is 0 Å². The molecule has 106 valence electrons. The third-order valence-electron chi connectivity index (χ3n) is 3.73. The van der Waals surface area contributed by atoms with E-state index in [2.05, 4.69) is 50.2 Å². The highest BCUT2D eigenvalue weighted by Crippen LogP contribution is 2.22. The molecule has 0 bridgehead atoms. The molecular formula is C18H23NO. The van der Waals surface area contributed by atoms with Gasteiger partial charge in [-0.15, -0.1) is 0 Å². The molecule has 1 unspecified atom stereocenters. The Kier molecular flexibility index (Phi) is 5.19. The summed E-state index contributed by atoms with van der Waals surface area (Å²) in [5.74, 6) is 1.52. The normalized spacial score (nSPS) is 12.2. The Balaban J connectivity index is 1.93. The summed E-state index contributed by atoms with van der Waals surface area (Å²) in [5.41, 5.74) is 9.26. The van der Waals surface area contributed by atoms with E-state index in [1.807, 2.05) is 12.1 Å². The van der Waals surface area contributed by atoms with E-state index in [0.717, 1.165) is 23.3 Å². The highest BCUT2D eigenvalue weighted by atomic mass is 16.5. The molecule has 2 aromatic carbocycles. The van der Waals surface area contributed by atoms with Gasteiger partial charge >= 0.3 is 0 Å². The highest BCUT2D eigenvalue weighted by Gasteiger charge is 2.03. The molecule has 0 radical (unpaired) electrons. The predicted octanol–water partition coefficient (Wildman–Crippen LogP) is 4.24. The van der Waals surface area contributed by atoms with E-state index in [1.54, 1.807) is 0 Å². The Hall–Kier alpha value is -1.80. The van der Waals surface area contributed by atoms with Crippen LogP contribution in [0.15, 0.2) is 48.5 Å². The van der Waals surface area contributed by atoms with E-state index in [-0.39, 0.29) is 0 Å². The monoisotopic (exact) mass is 269 g/mol. The van der Waals surface area contributed by atoms with Gasteiger partial charge in [-0.2, -0.15) is 0 Å². The summed E-state index contributed by atoms with van der Waals surface area (Å²) in [7, 11) is 0. The molecule has 1 atom stereocenters. The molecule has 0 saturated heterocycles. The maximum absolute atomic E-state index is 5.80. The lowest BCUT2D eigenvalue weighted by atomic mass is 9.99. The molecule has 0 aliphatic carbocycles. The van der Waals surface area contributed by atoms with Crippen molar-refractivity contribution in [2.75, 3.05) is 0 Å². The van der Waals surface area contributed by atoms with Gasteiger partial charge in [0.05, 0.1) is 0 Å². The smallest absolute Gasteiger partial charge is 0.119 e. The Morgan fingerprint density at radius 2 is 1.55 bits per heavy atom. The molecular weight excluding hydrogens is 246 g/mol. The van der Waals surface area contributed by atoms with Gasteiger partial charge < -0.3 is 10.5 Å². The third kappa shape index (κ3) is 3.84. The van der Waals surface area contributed by atoms with Gasteiger partial charge in [0, 0.05) is 6.54 Å². The first-order valence-electron chi connectivity index (χ1n) is 7.23. The maximum atomic E-state index is 5.80. The first kappa shape index (κ1) is 14.6. The first-order chi connectivity index (χ1) is 9.72. The van der Waals surface area contributed by atoms with E-state index in [9.17, 15) is 0 Å². The number of hydrogen-bond donors (Lipinski definition) is 1. The van der Waals surface area contributed by atoms with Crippen LogP contribution in [0.5, 0.6) is 5.75 Å². The molecule has 0 saturated carbocycles. The second-order valence-electron chi connectivity index (χ2n) is 5.19. The van der Waals surface area contributed by atoms with Crippen LogP contribution in [0.1, 0.15) is 42.9 Å². The van der Waals surface area contributed by atoms with Gasteiger partial charge in [0.25, 0.3) is 0 Å². The van der Waals surface area contributed by atoms with Crippen molar-refractivity contribution in [1.29, 1.82) is 0 Å². The SMILES string of the molecule is CCC(C)c1ccc(OCc2ccc(CN)cc2)cc1. The zero-order valence-corrected chi connectivity index (χ0v) is 12.3. The molecule has 0 aliphatic heterocycles. The van der Waals surface area contributed by atoms with Gasteiger partial charge in [-0.25, -0.2) is 0 Å². The first-order valence-corrected chi connectivity index (χ1v) is 7.23. The van der Waals surface area contributed by atoms with Crippen LogP contribution < -0.4 is 10.5 Å². The Bertz CT molecular complexity index is 516. The van der Waals surface area contributed by atoms with E-state index in [1.165, 1.54) is 5.56 Å². The quantitative estimate of drug-likeness (QED) is 0.851. The van der Waals surface area contributed by atoms with E-state index in [0.29, 0.717) is 19.1 Å². The fourth-order valence-corrected chi connectivity index (χ4v) is 2.07. The minimum Gasteiger partial charge on any atom is -0.489 e. The zero-order valence-electron chi connectivity index (χ0n) is 12.3. The van der Waals surface area contributed by atoms with Gasteiger partial charge in [0.2, 0.25) is 0 Å². The van der Waals surface area contributed by atoms with E-state index >= 15 is 0 Å². The van der Waals surface area contributed by atoms with Crippen molar-refractivity contribution in [2.45, 2.75) is 39.3 Å². The van der Waals surface area contributed by atoms with Gasteiger partial charge in [-0.3, -0.25) is 0 Å². The summed E-state index contributed by atoms with van der Waals surface area (Å²) in [6.07, 6.45) is 1.16. The van der Waals surface area contributed by atoms with Crippen LogP contribution >= 0.6 is 0 Å². The molecule has 0 amide bonds. The molecule has 0 spiro atoms. The van der Waals surface area contributed by atoms with Crippen LogP contribution in [0, 0.1) is 0 Å². The van der Waals surface area contributed by atoms with Crippen LogP contribution in [0.3, 0.4) is 0 Å². The summed E-state index contributed by atoms with van der Waals surface area (Å²) in [5, 5.41) is 0. The van der Waals surface area contributed by atoms with E-state index in [4.69, 9.17) is 10.5 Å². The number of ether oxygens (including phenoxy) is 1. The Morgan fingerprint density at radius 1 is 0.950 bits per heavy atom. The molecule has 2 nitrogen and oxygen atoms in total. The lowest BCUT2D eigenvalue weighted by Gasteiger charge is -2.11. The van der Waals surface area contributed by atoms with Crippen molar-refractivity contribution in [3.05, 3.63) is 65.2 Å². The molecule has 2 rings (SSSR count). The number of rotatable bonds is 6. The predicted molar refractivity (Wildman–Crippen MR) is 83.8 cm³/mol. The van der Waals surface area contributed by atoms with Gasteiger partial charge in [0.1, 0.15) is 12.4 Å². The number of benzene rings is 2. The summed E-state index contributed by atoms with van der Waals surface area (Å²) >= 11 is 0. The summed E-state index contributed by atoms with van der Waals surface area (Å²) in [6, 6.07) is 16.6. The molecule has 0 aliphatic rings. The summed E-state index contributed by atoms with van der Waals surface area (Å²) in [6.45, 7) is 5.63. The molecule has 0 fully saturated rings. The summed E-state index contributed by atoms with van der Waals surface area (Å²) in [4.78, 5) is 0. The van der Waals surface area contributed by atoms with Crippen molar-refractivity contribution >= 4 is 0 Å². The minimum atomic E-state index is 0.582. The van der Waals surface area contributed by atoms with Gasteiger partial charge in [0.15, 0.2) is 0 Å². The van der Waals surface area contributed by atoms with Gasteiger partial charge in [-0.05, 0) is 41.2 Å². The second kappa shape index (κ2) is 7.11. The largest absolute Gasteiger partial charge is 0.489 e. The molecule has 0 aromatic heterocycles. The van der Waals surface area contributed by atoms with Crippen molar-refractivity contribution in [2.24, 2.45) is 5.73 Å². The standard InChI is InChI=1S/C18H23NO/c1-3-14(2)17-8-10-18(11-9-17)20-13-16-6-4-15(12-19)5-7-16/h4-11,14H,3,12-13,19H2,1-2H3. The van der Waals surface area contributed by atoms with Crippen molar-refractivity contribution < 1.29 is 4.74 Å². The Labute approximate surface area is 121 Å². The average molecular weight is 269 g/mol. The molecule has 2 aromatic rings. The third-order valence-corrected chi connectivity index (χ3v) is 3.73. The fourth-order valence-electron chi connectivity index (χ4n) is 2.07. The average Bonchev–Trinajstić information content (AvgIpc) is 2.53. The van der Waals surface area contributed by atoms with Crippen molar-refractivity contribution in [3.63, 3.8) is 0 Å². The molecule has 2 N–H and O–H groups in total. The van der Waals surface area contributed by atoms with Crippen LogP contribution in [0.2, 0.25) is 0 Å². The summed E-state index contributed by atoms with van der Waals surface area (Å²) < 4.78 is 5.80. The lowest BCUT2D eigenvalue weighted by molar-refractivity contribution is 0.306. The van der Waals surface area contributed by atoms with Crippen molar-refractivity contribution in [3.8, 4) is 5.75 Å². The molecule has 20 heavy (non-hydrogen) atoms. The number of hydrogen-bond acceptors (Lipinski definition) is 2. The van der Waals surface area contributed by atoms with E-state index < -0.39 is 0 Å². The fraction of sp³-hybridized carbons (Fsp3) is 0.333. The highest BCUT2D eigenvalue weighted by molar-refractivity contribution is 5.30. The Morgan fingerprint density at radius 3 is 2.10 bits per heavy atom. The second-order valence-corrected chi connectivity index (χ2v) is 5.19. The van der Waals surface area contributed by atoms with Crippen LogP contribution in [0.25, 0.3) is 0 Å².